The standard InChI is InChI=1S/C6H12O.C2H6O2/c1-3-4-5-6-7-2;3-1-2-4/h3H,1,4-6H2,2H3;3-4H,1-2H2. The summed E-state index contributed by atoms with van der Waals surface area (Å²) in [7, 11) is 1.71. The summed E-state index contributed by atoms with van der Waals surface area (Å²) in [5.41, 5.74) is 0. The Hall–Kier alpha value is -0.380. The number of aliphatic hydroxyl groups excluding tert-OH is 2. The number of allylic oxidation sites excluding steroid dienone is 1. The molecule has 0 fully saturated rings. The number of aliphatic hydroxyl groups is 2. The highest BCUT2D eigenvalue weighted by molar-refractivity contribution is 4.64. The topological polar surface area (TPSA) is 49.7 Å². The second-order valence-electron chi connectivity index (χ2n) is 1.87. The van der Waals surface area contributed by atoms with E-state index >= 15 is 0 Å². The van der Waals surface area contributed by atoms with E-state index in [0.717, 1.165) is 19.4 Å². The zero-order valence-electron chi connectivity index (χ0n) is 7.12. The molecule has 0 aromatic rings. The molecule has 0 rings (SSSR count). The van der Waals surface area contributed by atoms with E-state index in [4.69, 9.17) is 14.9 Å². The zero-order chi connectivity index (χ0) is 8.95. The summed E-state index contributed by atoms with van der Waals surface area (Å²) in [6.07, 6.45) is 4.06. The van der Waals surface area contributed by atoms with E-state index in [-0.39, 0.29) is 13.2 Å². The van der Waals surface area contributed by atoms with Gasteiger partial charge in [0.05, 0.1) is 13.2 Å². The number of rotatable bonds is 5. The van der Waals surface area contributed by atoms with Gasteiger partial charge in [-0.1, -0.05) is 6.08 Å². The Morgan fingerprint density at radius 2 is 1.91 bits per heavy atom. The second kappa shape index (κ2) is 16.3. The number of hydrogen-bond donors (Lipinski definition) is 2. The highest BCUT2D eigenvalue weighted by Gasteiger charge is 1.76. The molecule has 0 heterocycles. The molecule has 0 spiro atoms. The monoisotopic (exact) mass is 162 g/mol. The third-order valence-electron chi connectivity index (χ3n) is 0.857. The van der Waals surface area contributed by atoms with Crippen molar-refractivity contribution in [1.29, 1.82) is 0 Å². The molecule has 0 aromatic heterocycles. The fourth-order valence-corrected chi connectivity index (χ4v) is 0.372. The first kappa shape index (κ1) is 13.2. The van der Waals surface area contributed by atoms with Crippen LogP contribution in [0.5, 0.6) is 0 Å². The van der Waals surface area contributed by atoms with Crippen molar-refractivity contribution in [2.45, 2.75) is 12.8 Å². The first-order chi connectivity index (χ1) is 5.33. The fraction of sp³-hybridized carbons (Fsp3) is 0.750. The molecule has 11 heavy (non-hydrogen) atoms. The van der Waals surface area contributed by atoms with Crippen LogP contribution in [0.15, 0.2) is 12.7 Å². The van der Waals surface area contributed by atoms with Crippen molar-refractivity contribution in [2.75, 3.05) is 26.9 Å². The molecule has 0 saturated carbocycles. The Bertz CT molecular complexity index is 62.4. The highest BCUT2D eigenvalue weighted by Crippen LogP contribution is 1.86. The van der Waals surface area contributed by atoms with E-state index in [9.17, 15) is 0 Å². The third-order valence-corrected chi connectivity index (χ3v) is 0.857. The van der Waals surface area contributed by atoms with Gasteiger partial charge in [0.1, 0.15) is 0 Å². The summed E-state index contributed by atoms with van der Waals surface area (Å²) in [6, 6.07) is 0. The van der Waals surface area contributed by atoms with Crippen LogP contribution < -0.4 is 0 Å². The Balaban J connectivity index is 0. The maximum Gasteiger partial charge on any atom is 0.0662 e. The third kappa shape index (κ3) is 26.2. The molecule has 0 aliphatic carbocycles. The Morgan fingerprint density at radius 1 is 1.36 bits per heavy atom. The van der Waals surface area contributed by atoms with Crippen LogP contribution in [0.4, 0.5) is 0 Å². The van der Waals surface area contributed by atoms with Gasteiger partial charge in [0.2, 0.25) is 0 Å². The molecule has 0 saturated heterocycles. The van der Waals surface area contributed by atoms with Crippen molar-refractivity contribution in [3.05, 3.63) is 12.7 Å². The van der Waals surface area contributed by atoms with Crippen LogP contribution in [0.3, 0.4) is 0 Å². The van der Waals surface area contributed by atoms with Crippen LogP contribution in [0, 0.1) is 0 Å². The largest absolute Gasteiger partial charge is 0.394 e. The Kier molecular flexibility index (Phi) is 19.6. The molecule has 0 aliphatic heterocycles. The average Bonchev–Trinajstić information content (AvgIpc) is 2.06. The molecule has 0 radical (unpaired) electrons. The van der Waals surface area contributed by atoms with Gasteiger partial charge >= 0.3 is 0 Å². The normalized spacial score (nSPS) is 8.27. The molecule has 0 atom stereocenters. The van der Waals surface area contributed by atoms with Gasteiger partial charge in [0, 0.05) is 13.7 Å². The summed E-state index contributed by atoms with van der Waals surface area (Å²) in [5.74, 6) is 0. The molecule has 0 bridgehead atoms. The van der Waals surface area contributed by atoms with Crippen LogP contribution in [-0.4, -0.2) is 37.1 Å². The van der Waals surface area contributed by atoms with Gasteiger partial charge in [0.25, 0.3) is 0 Å². The van der Waals surface area contributed by atoms with E-state index in [2.05, 4.69) is 6.58 Å². The van der Waals surface area contributed by atoms with E-state index in [1.54, 1.807) is 7.11 Å². The van der Waals surface area contributed by atoms with Crippen molar-refractivity contribution in [1.82, 2.24) is 0 Å². The summed E-state index contributed by atoms with van der Waals surface area (Å²) in [5, 5.41) is 15.2. The quantitative estimate of drug-likeness (QED) is 0.459. The van der Waals surface area contributed by atoms with Gasteiger partial charge < -0.3 is 14.9 Å². The summed E-state index contributed by atoms with van der Waals surface area (Å²) < 4.78 is 4.80. The minimum atomic E-state index is -0.125. The summed E-state index contributed by atoms with van der Waals surface area (Å²) in [4.78, 5) is 0. The van der Waals surface area contributed by atoms with Crippen LogP contribution in [0.1, 0.15) is 12.8 Å². The number of ether oxygens (including phenoxy) is 1. The first-order valence-electron chi connectivity index (χ1n) is 3.65. The lowest BCUT2D eigenvalue weighted by Gasteiger charge is -1.90. The SMILES string of the molecule is C=CCCCOC.OCCO. The van der Waals surface area contributed by atoms with Crippen molar-refractivity contribution < 1.29 is 14.9 Å². The molecule has 0 amide bonds. The summed E-state index contributed by atoms with van der Waals surface area (Å²) in [6.45, 7) is 4.18. The zero-order valence-corrected chi connectivity index (χ0v) is 7.12. The molecule has 0 unspecified atom stereocenters. The maximum atomic E-state index is 7.62. The molecule has 0 aliphatic rings. The van der Waals surface area contributed by atoms with E-state index in [0.29, 0.717) is 0 Å². The van der Waals surface area contributed by atoms with Gasteiger partial charge in [-0.2, -0.15) is 0 Å². The lowest BCUT2D eigenvalue weighted by molar-refractivity contribution is 0.186. The lowest BCUT2D eigenvalue weighted by atomic mass is 10.3. The van der Waals surface area contributed by atoms with Crippen LogP contribution in [0.25, 0.3) is 0 Å². The smallest absolute Gasteiger partial charge is 0.0662 e. The molecular formula is C8H18O3. The first-order valence-corrected chi connectivity index (χ1v) is 3.65. The molecule has 3 nitrogen and oxygen atoms in total. The van der Waals surface area contributed by atoms with Crippen molar-refractivity contribution >= 4 is 0 Å². The molecular weight excluding hydrogens is 144 g/mol. The fourth-order valence-electron chi connectivity index (χ4n) is 0.372. The number of methoxy groups -OCH3 is 1. The minimum Gasteiger partial charge on any atom is -0.394 e. The predicted molar refractivity (Wildman–Crippen MR) is 45.5 cm³/mol. The van der Waals surface area contributed by atoms with E-state index in [1.165, 1.54) is 0 Å². The van der Waals surface area contributed by atoms with Crippen molar-refractivity contribution in [3.8, 4) is 0 Å². The molecule has 3 heteroatoms. The van der Waals surface area contributed by atoms with Crippen LogP contribution >= 0.6 is 0 Å². The van der Waals surface area contributed by atoms with E-state index < -0.39 is 0 Å². The van der Waals surface area contributed by atoms with Gasteiger partial charge in [-0.15, -0.1) is 6.58 Å². The Labute approximate surface area is 68.3 Å². The van der Waals surface area contributed by atoms with Crippen molar-refractivity contribution in [3.63, 3.8) is 0 Å². The van der Waals surface area contributed by atoms with Gasteiger partial charge in [-0.05, 0) is 12.8 Å². The predicted octanol–water partition coefficient (Wildman–Crippen LogP) is 0.570. The molecule has 68 valence electrons. The molecule has 0 aromatic carbocycles. The second-order valence-corrected chi connectivity index (χ2v) is 1.87. The number of hydrogen-bond acceptors (Lipinski definition) is 3. The Morgan fingerprint density at radius 3 is 2.18 bits per heavy atom. The maximum absolute atomic E-state index is 7.62. The summed E-state index contributed by atoms with van der Waals surface area (Å²) >= 11 is 0. The van der Waals surface area contributed by atoms with Gasteiger partial charge in [-0.3, -0.25) is 0 Å². The number of unbranched alkanes of at least 4 members (excludes halogenated alkanes) is 1. The van der Waals surface area contributed by atoms with Crippen molar-refractivity contribution in [2.24, 2.45) is 0 Å². The van der Waals surface area contributed by atoms with Crippen LogP contribution in [0.2, 0.25) is 0 Å². The average molecular weight is 162 g/mol. The minimum absolute atomic E-state index is 0.125. The van der Waals surface area contributed by atoms with E-state index in [1.807, 2.05) is 6.08 Å². The van der Waals surface area contributed by atoms with Crippen LogP contribution in [-0.2, 0) is 4.74 Å². The van der Waals surface area contributed by atoms with Gasteiger partial charge in [-0.25, -0.2) is 0 Å². The highest BCUT2D eigenvalue weighted by atomic mass is 16.5. The lowest BCUT2D eigenvalue weighted by Crippen LogP contribution is -1.85. The molecule has 2 N–H and O–H groups in total. The van der Waals surface area contributed by atoms with Gasteiger partial charge in [0.15, 0.2) is 0 Å².